The van der Waals surface area contributed by atoms with Crippen molar-refractivity contribution in [2.45, 2.75) is 39.7 Å². The lowest BCUT2D eigenvalue weighted by Gasteiger charge is -2.04. The van der Waals surface area contributed by atoms with Crippen LogP contribution >= 0.6 is 0 Å². The molecule has 0 amide bonds. The fourth-order valence-corrected chi connectivity index (χ4v) is 1.82. The zero-order valence-electron chi connectivity index (χ0n) is 11.8. The van der Waals surface area contributed by atoms with Crippen LogP contribution in [0.5, 0.6) is 0 Å². The Bertz CT molecular complexity index is 502. The van der Waals surface area contributed by atoms with Crippen molar-refractivity contribution >= 4 is 0 Å². The van der Waals surface area contributed by atoms with E-state index in [1.807, 2.05) is 0 Å². The van der Waals surface area contributed by atoms with E-state index in [1.165, 1.54) is 11.1 Å². The average Bonchev–Trinajstić information content (AvgIpc) is 2.79. The molecule has 102 valence electrons. The molecule has 0 spiro atoms. The van der Waals surface area contributed by atoms with Gasteiger partial charge >= 0.3 is 0 Å². The summed E-state index contributed by atoms with van der Waals surface area (Å²) in [5.74, 6) is 1.46. The third kappa shape index (κ3) is 4.48. The molecule has 19 heavy (non-hydrogen) atoms. The lowest BCUT2D eigenvalue weighted by Crippen LogP contribution is -2.25. The van der Waals surface area contributed by atoms with Gasteiger partial charge < -0.3 is 9.84 Å². The van der Waals surface area contributed by atoms with Crippen LogP contribution in [0.25, 0.3) is 0 Å². The topological polar surface area (TPSA) is 51.0 Å². The Morgan fingerprint density at radius 2 is 1.95 bits per heavy atom. The molecular formula is C15H21N3O. The number of hydrogen-bond acceptors (Lipinski definition) is 4. The minimum atomic E-state index is 0.481. The van der Waals surface area contributed by atoms with Crippen molar-refractivity contribution in [1.29, 1.82) is 0 Å². The third-order valence-corrected chi connectivity index (χ3v) is 2.88. The van der Waals surface area contributed by atoms with Crippen molar-refractivity contribution in [3.63, 3.8) is 0 Å². The molecule has 1 N–H and O–H groups in total. The van der Waals surface area contributed by atoms with E-state index in [1.54, 1.807) is 0 Å². The predicted octanol–water partition coefficient (Wildman–Crippen LogP) is 2.51. The lowest BCUT2D eigenvalue weighted by molar-refractivity contribution is 0.369. The van der Waals surface area contributed by atoms with Crippen molar-refractivity contribution in [2.75, 3.05) is 6.54 Å². The lowest BCUT2D eigenvalue weighted by atomic mass is 10.1. The highest BCUT2D eigenvalue weighted by atomic mass is 16.5. The van der Waals surface area contributed by atoms with Gasteiger partial charge in [-0.2, -0.15) is 4.98 Å². The van der Waals surface area contributed by atoms with Crippen LogP contribution in [-0.4, -0.2) is 22.7 Å². The number of nitrogens with one attached hydrogen (secondary N) is 1. The zero-order valence-corrected chi connectivity index (χ0v) is 11.8. The first kappa shape index (κ1) is 13.7. The van der Waals surface area contributed by atoms with Gasteiger partial charge in [0.2, 0.25) is 5.89 Å². The van der Waals surface area contributed by atoms with Crippen LogP contribution in [0.3, 0.4) is 0 Å². The van der Waals surface area contributed by atoms with Crippen molar-refractivity contribution in [1.82, 2.24) is 15.5 Å². The van der Waals surface area contributed by atoms with E-state index in [0.717, 1.165) is 25.2 Å². The number of nitrogens with zero attached hydrogens (tertiary/aromatic N) is 2. The summed E-state index contributed by atoms with van der Waals surface area (Å²) in [6.07, 6.45) is 1.50. The molecule has 2 aromatic rings. The van der Waals surface area contributed by atoms with Crippen LogP contribution in [0, 0.1) is 6.92 Å². The fourth-order valence-electron chi connectivity index (χ4n) is 1.82. The Morgan fingerprint density at radius 3 is 2.63 bits per heavy atom. The molecule has 0 fully saturated rings. The summed E-state index contributed by atoms with van der Waals surface area (Å²) in [5.41, 5.74) is 2.47. The second-order valence-electron chi connectivity index (χ2n) is 5.13. The second-order valence-corrected chi connectivity index (χ2v) is 5.13. The molecule has 4 nitrogen and oxygen atoms in total. The van der Waals surface area contributed by atoms with E-state index in [-0.39, 0.29) is 0 Å². The second kappa shape index (κ2) is 6.48. The Morgan fingerprint density at radius 1 is 1.21 bits per heavy atom. The SMILES string of the molecule is Cc1ccc(Cc2noc(CCNC(C)C)n2)cc1. The van der Waals surface area contributed by atoms with Gasteiger partial charge in [-0.15, -0.1) is 0 Å². The van der Waals surface area contributed by atoms with Gasteiger partial charge in [0.1, 0.15) is 0 Å². The predicted molar refractivity (Wildman–Crippen MR) is 75.1 cm³/mol. The van der Waals surface area contributed by atoms with E-state index in [0.29, 0.717) is 11.9 Å². The Kier molecular flexibility index (Phi) is 4.68. The van der Waals surface area contributed by atoms with Crippen LogP contribution in [0.2, 0.25) is 0 Å². The van der Waals surface area contributed by atoms with Crippen molar-refractivity contribution in [3.05, 3.63) is 47.1 Å². The third-order valence-electron chi connectivity index (χ3n) is 2.88. The molecule has 0 saturated carbocycles. The van der Waals surface area contributed by atoms with Gasteiger partial charge in [0.25, 0.3) is 0 Å². The summed E-state index contributed by atoms with van der Waals surface area (Å²) >= 11 is 0. The summed E-state index contributed by atoms with van der Waals surface area (Å²) in [6.45, 7) is 7.19. The number of benzene rings is 1. The molecule has 4 heteroatoms. The summed E-state index contributed by atoms with van der Waals surface area (Å²) in [6, 6.07) is 8.89. The summed E-state index contributed by atoms with van der Waals surface area (Å²) in [5, 5.41) is 7.35. The standard InChI is InChI=1S/C15H21N3O/c1-11(2)16-9-8-15-17-14(18-19-15)10-13-6-4-12(3)5-7-13/h4-7,11,16H,8-10H2,1-3H3. The van der Waals surface area contributed by atoms with Crippen LogP contribution in [0.4, 0.5) is 0 Å². The summed E-state index contributed by atoms with van der Waals surface area (Å²) < 4.78 is 5.24. The average molecular weight is 259 g/mol. The normalized spacial score (nSPS) is 11.2. The largest absolute Gasteiger partial charge is 0.339 e. The molecular weight excluding hydrogens is 238 g/mol. The maximum Gasteiger partial charge on any atom is 0.227 e. The highest BCUT2D eigenvalue weighted by molar-refractivity contribution is 5.23. The smallest absolute Gasteiger partial charge is 0.227 e. The van der Waals surface area contributed by atoms with Crippen LogP contribution in [0.15, 0.2) is 28.8 Å². The highest BCUT2D eigenvalue weighted by Crippen LogP contribution is 2.08. The number of aromatic nitrogens is 2. The van der Waals surface area contributed by atoms with Gasteiger partial charge in [0.15, 0.2) is 5.82 Å². The van der Waals surface area contributed by atoms with E-state index >= 15 is 0 Å². The number of aryl methyl sites for hydroxylation is 1. The maximum absolute atomic E-state index is 5.24. The first-order valence-electron chi connectivity index (χ1n) is 6.74. The van der Waals surface area contributed by atoms with Gasteiger partial charge in [0.05, 0.1) is 0 Å². The molecule has 0 aliphatic carbocycles. The highest BCUT2D eigenvalue weighted by Gasteiger charge is 2.07. The molecule has 0 atom stereocenters. The van der Waals surface area contributed by atoms with Crippen LogP contribution in [-0.2, 0) is 12.8 Å². The van der Waals surface area contributed by atoms with Crippen LogP contribution < -0.4 is 5.32 Å². The minimum Gasteiger partial charge on any atom is -0.339 e. The summed E-state index contributed by atoms with van der Waals surface area (Å²) in [4.78, 5) is 4.41. The van der Waals surface area contributed by atoms with E-state index < -0.39 is 0 Å². The molecule has 0 aliphatic rings. The van der Waals surface area contributed by atoms with Crippen molar-refractivity contribution in [2.24, 2.45) is 0 Å². The number of rotatable bonds is 6. The molecule has 0 unspecified atom stereocenters. The van der Waals surface area contributed by atoms with Crippen molar-refractivity contribution in [3.8, 4) is 0 Å². The first-order chi connectivity index (χ1) is 9.13. The van der Waals surface area contributed by atoms with Crippen LogP contribution in [0.1, 0.15) is 36.7 Å². The summed E-state index contributed by atoms with van der Waals surface area (Å²) in [7, 11) is 0. The van der Waals surface area contributed by atoms with Gasteiger partial charge in [-0.1, -0.05) is 48.8 Å². The Balaban J connectivity index is 1.88. The van der Waals surface area contributed by atoms with Gasteiger partial charge in [-0.05, 0) is 12.5 Å². The molecule has 1 aromatic heterocycles. The maximum atomic E-state index is 5.24. The van der Waals surface area contributed by atoms with E-state index in [4.69, 9.17) is 4.52 Å². The quantitative estimate of drug-likeness (QED) is 0.866. The van der Waals surface area contributed by atoms with Gasteiger partial charge in [0, 0.05) is 25.4 Å². The Labute approximate surface area is 114 Å². The number of hydrogen-bond donors (Lipinski definition) is 1. The van der Waals surface area contributed by atoms with E-state index in [2.05, 4.69) is 60.5 Å². The molecule has 0 saturated heterocycles. The fraction of sp³-hybridized carbons (Fsp3) is 0.467. The molecule has 0 aliphatic heterocycles. The van der Waals surface area contributed by atoms with E-state index in [9.17, 15) is 0 Å². The Hall–Kier alpha value is -1.68. The molecule has 0 bridgehead atoms. The zero-order chi connectivity index (χ0) is 13.7. The molecule has 2 rings (SSSR count). The monoisotopic (exact) mass is 259 g/mol. The van der Waals surface area contributed by atoms with Gasteiger partial charge in [-0.25, -0.2) is 0 Å². The minimum absolute atomic E-state index is 0.481. The molecule has 1 aromatic carbocycles. The first-order valence-corrected chi connectivity index (χ1v) is 6.74. The molecule has 0 radical (unpaired) electrons. The van der Waals surface area contributed by atoms with Gasteiger partial charge in [-0.3, -0.25) is 0 Å². The molecule has 1 heterocycles. The van der Waals surface area contributed by atoms with Crippen molar-refractivity contribution < 1.29 is 4.52 Å².